The highest BCUT2D eigenvalue weighted by Gasteiger charge is 2.15. The average Bonchev–Trinajstić information content (AvgIpc) is 2.58. The molecule has 0 saturated carbocycles. The van der Waals surface area contributed by atoms with E-state index in [1.54, 1.807) is 6.92 Å². The lowest BCUT2D eigenvalue weighted by Crippen LogP contribution is -2.20. The number of furan rings is 1. The number of carbonyl (C=O) groups excluding carboxylic acids is 1. The van der Waals surface area contributed by atoms with Crippen LogP contribution in [0.15, 0.2) is 10.5 Å². The van der Waals surface area contributed by atoms with Crippen LogP contribution >= 0.6 is 0 Å². The molecule has 16 heavy (non-hydrogen) atoms. The second-order valence-corrected chi connectivity index (χ2v) is 3.20. The summed E-state index contributed by atoms with van der Waals surface area (Å²) in [5.41, 5.74) is 0.316. The minimum absolute atomic E-state index is 0.155. The van der Waals surface area contributed by atoms with E-state index >= 15 is 0 Å². The van der Waals surface area contributed by atoms with Crippen LogP contribution in [-0.2, 0) is 11.3 Å². The number of alkyl halides is 2. The molecule has 0 radical (unpaired) electrons. The topological polar surface area (TPSA) is 51.5 Å². The Balaban J connectivity index is 2.59. The first-order valence-electron chi connectivity index (χ1n) is 4.71. The summed E-state index contributed by atoms with van der Waals surface area (Å²) in [6.07, 6.45) is -2.41. The maximum atomic E-state index is 11.8. The van der Waals surface area contributed by atoms with Gasteiger partial charge in [-0.15, -0.1) is 0 Å². The number of rotatable bonds is 5. The quantitative estimate of drug-likeness (QED) is 0.787. The number of carbonyl (C=O) groups is 1. The van der Waals surface area contributed by atoms with Crippen molar-refractivity contribution in [1.29, 1.82) is 0 Å². The third-order valence-electron chi connectivity index (χ3n) is 1.97. The van der Waals surface area contributed by atoms with Crippen LogP contribution in [0.1, 0.15) is 21.9 Å². The van der Waals surface area contributed by atoms with E-state index in [4.69, 9.17) is 4.42 Å². The van der Waals surface area contributed by atoms with Gasteiger partial charge < -0.3 is 14.5 Å². The maximum absolute atomic E-state index is 11.8. The molecule has 0 saturated heterocycles. The normalized spacial score (nSPS) is 10.8. The van der Waals surface area contributed by atoms with E-state index in [9.17, 15) is 13.6 Å². The van der Waals surface area contributed by atoms with E-state index in [0.717, 1.165) is 0 Å². The van der Waals surface area contributed by atoms with Crippen LogP contribution < -0.4 is 5.32 Å². The number of halogens is 2. The lowest BCUT2D eigenvalue weighted by atomic mass is 10.2. The molecule has 0 amide bonds. The van der Waals surface area contributed by atoms with Gasteiger partial charge in [-0.25, -0.2) is 13.6 Å². The molecule has 0 unspecified atom stereocenters. The van der Waals surface area contributed by atoms with Gasteiger partial charge in [0.25, 0.3) is 6.43 Å². The van der Waals surface area contributed by atoms with Crippen LogP contribution in [0.4, 0.5) is 8.78 Å². The zero-order valence-electron chi connectivity index (χ0n) is 9.05. The van der Waals surface area contributed by atoms with E-state index in [1.165, 1.54) is 13.2 Å². The Bertz CT molecular complexity index is 363. The van der Waals surface area contributed by atoms with Crippen molar-refractivity contribution >= 4 is 5.97 Å². The molecule has 1 N–H and O–H groups in total. The number of esters is 1. The van der Waals surface area contributed by atoms with E-state index < -0.39 is 18.9 Å². The van der Waals surface area contributed by atoms with Gasteiger partial charge in [0.05, 0.1) is 20.2 Å². The van der Waals surface area contributed by atoms with Crippen molar-refractivity contribution in [2.24, 2.45) is 0 Å². The molecular formula is C10H13F2NO3. The molecule has 0 aliphatic rings. The van der Waals surface area contributed by atoms with Gasteiger partial charge in [0.1, 0.15) is 17.1 Å². The van der Waals surface area contributed by atoms with Crippen LogP contribution in [0.5, 0.6) is 0 Å². The predicted molar refractivity (Wildman–Crippen MR) is 52.5 cm³/mol. The van der Waals surface area contributed by atoms with Crippen LogP contribution in [0.2, 0.25) is 0 Å². The lowest BCUT2D eigenvalue weighted by Gasteiger charge is -1.99. The van der Waals surface area contributed by atoms with Crippen LogP contribution in [0, 0.1) is 6.92 Å². The van der Waals surface area contributed by atoms with Crippen molar-refractivity contribution in [2.45, 2.75) is 19.9 Å². The van der Waals surface area contributed by atoms with Crippen molar-refractivity contribution < 1.29 is 22.7 Å². The van der Waals surface area contributed by atoms with Gasteiger partial charge in [-0.3, -0.25) is 0 Å². The Labute approximate surface area is 91.6 Å². The third-order valence-corrected chi connectivity index (χ3v) is 1.97. The summed E-state index contributed by atoms with van der Waals surface area (Å²) >= 11 is 0. The predicted octanol–water partition coefficient (Wildman–Crippen LogP) is 1.73. The second kappa shape index (κ2) is 5.60. The number of methoxy groups -OCH3 is 1. The van der Waals surface area contributed by atoms with Gasteiger partial charge in [-0.2, -0.15) is 0 Å². The maximum Gasteiger partial charge on any atom is 0.341 e. The van der Waals surface area contributed by atoms with Crippen molar-refractivity contribution in [3.05, 3.63) is 23.2 Å². The summed E-state index contributed by atoms with van der Waals surface area (Å²) in [7, 11) is 1.27. The molecule has 0 bridgehead atoms. The summed E-state index contributed by atoms with van der Waals surface area (Å²) in [5.74, 6) is 0.348. The molecule has 0 spiro atoms. The highest BCUT2D eigenvalue weighted by atomic mass is 19.3. The van der Waals surface area contributed by atoms with Crippen LogP contribution in [-0.4, -0.2) is 26.0 Å². The monoisotopic (exact) mass is 233 g/mol. The molecule has 6 heteroatoms. The van der Waals surface area contributed by atoms with Crippen LogP contribution in [0.3, 0.4) is 0 Å². The SMILES string of the molecule is COC(=O)c1cc(CNCC(F)F)oc1C. The van der Waals surface area contributed by atoms with E-state index in [2.05, 4.69) is 10.1 Å². The highest BCUT2D eigenvalue weighted by molar-refractivity contribution is 5.90. The Kier molecular flexibility index (Phi) is 4.42. The zero-order chi connectivity index (χ0) is 12.1. The number of aryl methyl sites for hydroxylation is 1. The van der Waals surface area contributed by atoms with Crippen molar-refractivity contribution in [3.63, 3.8) is 0 Å². The number of hydrogen-bond donors (Lipinski definition) is 1. The summed E-state index contributed by atoms with van der Waals surface area (Å²) in [5, 5.41) is 2.50. The molecule has 0 aliphatic carbocycles. The van der Waals surface area contributed by atoms with E-state index in [0.29, 0.717) is 17.1 Å². The first kappa shape index (κ1) is 12.6. The number of ether oxygens (including phenoxy) is 1. The standard InChI is InChI=1S/C10H13F2NO3/c1-6-8(10(14)15-2)3-7(16-6)4-13-5-9(11)12/h3,9,13H,4-5H2,1-2H3. The van der Waals surface area contributed by atoms with Gasteiger partial charge >= 0.3 is 5.97 Å². The Morgan fingerprint density at radius 1 is 1.62 bits per heavy atom. The lowest BCUT2D eigenvalue weighted by molar-refractivity contribution is 0.0598. The van der Waals surface area contributed by atoms with Crippen LogP contribution in [0.25, 0.3) is 0 Å². The van der Waals surface area contributed by atoms with Gasteiger partial charge in [-0.05, 0) is 13.0 Å². The van der Waals surface area contributed by atoms with Gasteiger partial charge in [0.15, 0.2) is 0 Å². The first-order valence-corrected chi connectivity index (χ1v) is 4.71. The molecule has 0 aromatic carbocycles. The Morgan fingerprint density at radius 3 is 2.88 bits per heavy atom. The summed E-state index contributed by atoms with van der Waals surface area (Å²) < 4.78 is 33.4. The molecule has 1 rings (SSSR count). The second-order valence-electron chi connectivity index (χ2n) is 3.20. The fourth-order valence-corrected chi connectivity index (χ4v) is 1.25. The van der Waals surface area contributed by atoms with E-state index in [1.807, 2.05) is 0 Å². The summed E-state index contributed by atoms with van der Waals surface area (Å²) in [6.45, 7) is 1.36. The molecule has 0 aliphatic heterocycles. The molecular weight excluding hydrogens is 220 g/mol. The minimum Gasteiger partial charge on any atom is -0.465 e. The molecule has 0 atom stereocenters. The summed E-state index contributed by atoms with van der Waals surface area (Å²) in [6, 6.07) is 1.49. The zero-order valence-corrected chi connectivity index (χ0v) is 9.05. The first-order chi connectivity index (χ1) is 7.54. The van der Waals surface area contributed by atoms with Gasteiger partial charge in [0, 0.05) is 0 Å². The number of nitrogens with one attached hydrogen (secondary N) is 1. The molecule has 4 nitrogen and oxygen atoms in total. The average molecular weight is 233 g/mol. The molecule has 1 aromatic heterocycles. The minimum atomic E-state index is -2.41. The molecule has 1 heterocycles. The Morgan fingerprint density at radius 2 is 2.31 bits per heavy atom. The highest BCUT2D eigenvalue weighted by Crippen LogP contribution is 2.15. The fourth-order valence-electron chi connectivity index (χ4n) is 1.25. The van der Waals surface area contributed by atoms with Crippen molar-refractivity contribution in [1.82, 2.24) is 5.32 Å². The smallest absolute Gasteiger partial charge is 0.341 e. The third kappa shape index (κ3) is 3.30. The van der Waals surface area contributed by atoms with Gasteiger partial charge in [-0.1, -0.05) is 0 Å². The van der Waals surface area contributed by atoms with E-state index in [-0.39, 0.29) is 6.54 Å². The largest absolute Gasteiger partial charge is 0.465 e. The summed E-state index contributed by atoms with van der Waals surface area (Å²) in [4.78, 5) is 11.2. The molecule has 90 valence electrons. The number of hydrogen-bond acceptors (Lipinski definition) is 4. The van der Waals surface area contributed by atoms with Crippen molar-refractivity contribution in [3.8, 4) is 0 Å². The van der Waals surface area contributed by atoms with Gasteiger partial charge in [0.2, 0.25) is 0 Å². The molecule has 0 fully saturated rings. The Hall–Kier alpha value is -1.43. The fraction of sp³-hybridized carbons (Fsp3) is 0.500. The van der Waals surface area contributed by atoms with Crippen molar-refractivity contribution in [2.75, 3.05) is 13.7 Å². The molecule has 1 aromatic rings.